The van der Waals surface area contributed by atoms with Gasteiger partial charge < -0.3 is 0 Å². The Hall–Kier alpha value is -1.82. The molecule has 1 aromatic carbocycles. The van der Waals surface area contributed by atoms with Crippen molar-refractivity contribution in [2.45, 2.75) is 0 Å². The van der Waals surface area contributed by atoms with E-state index < -0.39 is 0 Å². The van der Waals surface area contributed by atoms with Crippen LogP contribution in [0, 0.1) is 11.3 Å². The van der Waals surface area contributed by atoms with E-state index in [1.54, 1.807) is 24.3 Å². The molecule has 12 heavy (non-hydrogen) atoms. The Kier molecular flexibility index (Phi) is 1.34. The van der Waals surface area contributed by atoms with E-state index in [-0.39, 0.29) is 0 Å². The van der Waals surface area contributed by atoms with Crippen molar-refractivity contribution < 1.29 is 4.48 Å². The van der Waals surface area contributed by atoms with Crippen LogP contribution < -0.4 is 0 Å². The van der Waals surface area contributed by atoms with Crippen LogP contribution in [0.3, 0.4) is 0 Å². The second kappa shape index (κ2) is 2.35. The van der Waals surface area contributed by atoms with E-state index in [0.29, 0.717) is 15.9 Å². The summed E-state index contributed by atoms with van der Waals surface area (Å²) in [6, 6.07) is 8.67. The highest BCUT2D eigenvalue weighted by Crippen LogP contribution is 2.19. The summed E-state index contributed by atoms with van der Waals surface area (Å²) in [5, 5.41) is 9.40. The maximum Gasteiger partial charge on any atom is 0.101 e. The summed E-state index contributed by atoms with van der Waals surface area (Å²) < 4.78 is 13.0. The van der Waals surface area contributed by atoms with Crippen LogP contribution in [0.15, 0.2) is 30.5 Å². The number of nitriles is 1. The fourth-order valence-corrected chi connectivity index (χ4v) is 1.24. The first-order valence-electron chi connectivity index (χ1n) is 3.49. The predicted molar refractivity (Wildman–Crippen MR) is 43.2 cm³/mol. The minimum absolute atomic E-state index is 0.347. The number of rotatable bonds is 0. The molecule has 2 aromatic rings. The second-order valence-corrected chi connectivity index (χ2v) is 2.48. The summed E-state index contributed by atoms with van der Waals surface area (Å²) in [5.74, 6) is 0. The van der Waals surface area contributed by atoms with Gasteiger partial charge in [0.2, 0.25) is 0 Å². The van der Waals surface area contributed by atoms with Gasteiger partial charge in [0.1, 0.15) is 6.07 Å². The zero-order valence-corrected chi connectivity index (χ0v) is 6.16. The fourth-order valence-electron chi connectivity index (χ4n) is 1.24. The molecule has 0 fully saturated rings. The van der Waals surface area contributed by atoms with Crippen LogP contribution in [-0.2, 0) is 0 Å². The van der Waals surface area contributed by atoms with Crippen LogP contribution in [-0.4, -0.2) is 4.79 Å². The van der Waals surface area contributed by atoms with Gasteiger partial charge in [-0.1, -0.05) is 16.6 Å². The fraction of sp³-hybridized carbons (Fsp3) is 0. The Morgan fingerprint density at radius 2 is 2.17 bits per heavy atom. The van der Waals surface area contributed by atoms with E-state index in [1.165, 1.54) is 6.20 Å². The van der Waals surface area contributed by atoms with E-state index >= 15 is 0 Å². The van der Waals surface area contributed by atoms with Crippen molar-refractivity contribution in [1.29, 1.82) is 5.26 Å². The number of hydrogen-bond donors (Lipinski definition) is 0. The number of para-hydroxylation sites is 1. The molecule has 0 N–H and O–H groups in total. The maximum atomic E-state index is 13.0. The van der Waals surface area contributed by atoms with Crippen molar-refractivity contribution in [3.63, 3.8) is 0 Å². The van der Waals surface area contributed by atoms with Crippen LogP contribution in [0.1, 0.15) is 5.56 Å². The van der Waals surface area contributed by atoms with Crippen LogP contribution in [0.25, 0.3) is 10.9 Å². The van der Waals surface area contributed by atoms with Crippen molar-refractivity contribution in [3.8, 4) is 6.07 Å². The molecule has 1 aromatic heterocycles. The van der Waals surface area contributed by atoms with Crippen molar-refractivity contribution in [2.75, 3.05) is 0 Å². The highest BCUT2D eigenvalue weighted by atomic mass is 19.2. The van der Waals surface area contributed by atoms with Crippen LogP contribution in [0.5, 0.6) is 0 Å². The lowest BCUT2D eigenvalue weighted by Crippen LogP contribution is -1.82. The zero-order chi connectivity index (χ0) is 8.55. The summed E-state index contributed by atoms with van der Waals surface area (Å²) in [7, 11) is 0. The minimum atomic E-state index is 0.347. The summed E-state index contributed by atoms with van der Waals surface area (Å²) in [6.07, 6.45) is 1.30. The van der Waals surface area contributed by atoms with E-state index in [2.05, 4.69) is 0 Å². The van der Waals surface area contributed by atoms with E-state index in [1.807, 2.05) is 6.07 Å². The quantitative estimate of drug-likeness (QED) is 0.581. The number of hydrogen-bond acceptors (Lipinski definition) is 1. The van der Waals surface area contributed by atoms with E-state index in [4.69, 9.17) is 5.26 Å². The van der Waals surface area contributed by atoms with Crippen molar-refractivity contribution >= 4 is 10.9 Å². The molecule has 0 aliphatic rings. The van der Waals surface area contributed by atoms with E-state index in [9.17, 15) is 4.48 Å². The maximum absolute atomic E-state index is 13.0. The van der Waals surface area contributed by atoms with Gasteiger partial charge in [-0.15, -0.1) is 0 Å². The highest BCUT2D eigenvalue weighted by Gasteiger charge is 2.04. The number of halogens is 1. The highest BCUT2D eigenvalue weighted by molar-refractivity contribution is 5.85. The zero-order valence-electron chi connectivity index (χ0n) is 6.16. The van der Waals surface area contributed by atoms with Gasteiger partial charge in [-0.3, -0.25) is 0 Å². The van der Waals surface area contributed by atoms with Crippen LogP contribution in [0.2, 0.25) is 0 Å². The molecule has 0 aliphatic heterocycles. The SMILES string of the molecule is N#Cc1cccc2ccn(F)c12. The van der Waals surface area contributed by atoms with Crippen molar-refractivity contribution in [2.24, 2.45) is 0 Å². The Morgan fingerprint density at radius 1 is 1.33 bits per heavy atom. The molecule has 0 atom stereocenters. The van der Waals surface area contributed by atoms with E-state index in [0.717, 1.165) is 5.39 Å². The number of benzene rings is 1. The molecule has 0 saturated heterocycles. The molecule has 1 heterocycles. The van der Waals surface area contributed by atoms with Gasteiger partial charge in [0.15, 0.2) is 0 Å². The smallest absolute Gasteiger partial charge is 0.101 e. The Labute approximate surface area is 68.4 Å². The molecule has 0 bridgehead atoms. The van der Waals surface area contributed by atoms with Gasteiger partial charge in [-0.2, -0.15) is 10.1 Å². The van der Waals surface area contributed by atoms with Gasteiger partial charge >= 0.3 is 0 Å². The molecule has 0 saturated carbocycles. The number of nitrogens with zero attached hydrogens (tertiary/aromatic N) is 2. The average molecular weight is 160 g/mol. The lowest BCUT2D eigenvalue weighted by molar-refractivity contribution is 0.388. The van der Waals surface area contributed by atoms with Gasteiger partial charge in [0.05, 0.1) is 11.1 Å². The largest absolute Gasteiger partial charge is 0.192 e. The Morgan fingerprint density at radius 3 is 2.92 bits per heavy atom. The molecule has 58 valence electrons. The third-order valence-electron chi connectivity index (χ3n) is 1.79. The summed E-state index contributed by atoms with van der Waals surface area (Å²) >= 11 is 0. The van der Waals surface area contributed by atoms with Gasteiger partial charge in [-0.25, -0.2) is 0 Å². The van der Waals surface area contributed by atoms with Gasteiger partial charge in [0, 0.05) is 11.6 Å². The first-order chi connectivity index (χ1) is 5.83. The topological polar surface area (TPSA) is 28.7 Å². The van der Waals surface area contributed by atoms with Gasteiger partial charge in [-0.05, 0) is 12.1 Å². The molecule has 0 aliphatic carbocycles. The van der Waals surface area contributed by atoms with Crippen LogP contribution >= 0.6 is 0 Å². The normalized spacial score (nSPS) is 10.0. The molecule has 2 rings (SSSR count). The summed E-state index contributed by atoms with van der Waals surface area (Å²) in [6.45, 7) is 0. The molecule has 0 spiro atoms. The molecule has 0 unspecified atom stereocenters. The second-order valence-electron chi connectivity index (χ2n) is 2.48. The predicted octanol–water partition coefficient (Wildman–Crippen LogP) is 2.25. The molecule has 0 radical (unpaired) electrons. The molecular weight excluding hydrogens is 155 g/mol. The Bertz CT molecular complexity index is 465. The minimum Gasteiger partial charge on any atom is -0.192 e. The molecule has 3 heteroatoms. The lowest BCUT2D eigenvalue weighted by Gasteiger charge is -1.93. The molecular formula is C9H5FN2. The van der Waals surface area contributed by atoms with Crippen molar-refractivity contribution in [3.05, 3.63) is 36.0 Å². The molecule has 2 nitrogen and oxygen atoms in total. The molecule has 0 amide bonds. The lowest BCUT2D eigenvalue weighted by atomic mass is 10.2. The average Bonchev–Trinajstić information content (AvgIpc) is 2.48. The number of aromatic nitrogens is 1. The first-order valence-corrected chi connectivity index (χ1v) is 3.49. The monoisotopic (exact) mass is 160 g/mol. The summed E-state index contributed by atoms with van der Waals surface area (Å²) in [4.78, 5) is 0.466. The first kappa shape index (κ1) is 6.86. The number of fused-ring (bicyclic) bond motifs is 1. The third kappa shape index (κ3) is 0.785. The third-order valence-corrected chi connectivity index (χ3v) is 1.79. The van der Waals surface area contributed by atoms with Crippen molar-refractivity contribution in [1.82, 2.24) is 4.79 Å². The standard InChI is InChI=1S/C9H5FN2/c10-12-5-4-7-2-1-3-8(6-11)9(7)12/h1-5H. The van der Waals surface area contributed by atoms with Gasteiger partial charge in [0.25, 0.3) is 0 Å². The Balaban J connectivity index is 2.96. The van der Waals surface area contributed by atoms with Crippen LogP contribution in [0.4, 0.5) is 4.48 Å². The summed E-state index contributed by atoms with van der Waals surface area (Å²) in [5.41, 5.74) is 0.708.